The van der Waals surface area contributed by atoms with Crippen LogP contribution >= 0.6 is 34.5 Å². The molecule has 0 saturated heterocycles. The van der Waals surface area contributed by atoms with E-state index >= 15 is 0 Å². The second-order valence-corrected chi connectivity index (χ2v) is 4.74. The van der Waals surface area contributed by atoms with E-state index in [4.69, 9.17) is 23.2 Å². The lowest BCUT2D eigenvalue weighted by Crippen LogP contribution is -1.91. The third-order valence-electron chi connectivity index (χ3n) is 1.92. The molecule has 78 valence electrons. The predicted molar refractivity (Wildman–Crippen MR) is 66.6 cm³/mol. The Morgan fingerprint density at radius 3 is 2.80 bits per heavy atom. The molecule has 1 N–H and O–H groups in total. The molecule has 0 bridgehead atoms. The lowest BCUT2D eigenvalue weighted by Gasteiger charge is -2.06. The van der Waals surface area contributed by atoms with Gasteiger partial charge in [0.2, 0.25) is 0 Å². The molecular weight excluding hydrogens is 251 g/mol. The van der Waals surface area contributed by atoms with Crippen LogP contribution in [0.5, 0.6) is 0 Å². The van der Waals surface area contributed by atoms with Crippen LogP contribution in [0.1, 0.15) is 5.56 Å². The maximum absolute atomic E-state index is 5.91. The highest BCUT2D eigenvalue weighted by Crippen LogP contribution is 2.27. The van der Waals surface area contributed by atoms with Crippen LogP contribution in [0.2, 0.25) is 10.2 Å². The van der Waals surface area contributed by atoms with Gasteiger partial charge in [0.25, 0.3) is 0 Å². The van der Waals surface area contributed by atoms with Crippen molar-refractivity contribution >= 4 is 45.4 Å². The van der Waals surface area contributed by atoms with E-state index in [0.29, 0.717) is 10.2 Å². The van der Waals surface area contributed by atoms with Crippen LogP contribution < -0.4 is 5.32 Å². The fourth-order valence-electron chi connectivity index (χ4n) is 1.16. The first-order valence-corrected chi connectivity index (χ1v) is 5.93. The van der Waals surface area contributed by atoms with Gasteiger partial charge in [-0.1, -0.05) is 29.3 Å². The van der Waals surface area contributed by atoms with Gasteiger partial charge in [0.05, 0.1) is 0 Å². The third-order valence-corrected chi connectivity index (χ3v) is 3.23. The standard InChI is InChI=1S/C10H8Cl2N2S/c1-6-2-3-7(11)4-8(6)13-10-14-9(12)5-15-10/h2-5H,1H3,(H,13,14). The molecule has 0 aliphatic carbocycles. The Balaban J connectivity index is 2.27. The van der Waals surface area contributed by atoms with Crippen LogP contribution in [-0.4, -0.2) is 4.98 Å². The Labute approximate surface area is 102 Å². The van der Waals surface area contributed by atoms with E-state index in [2.05, 4.69) is 10.3 Å². The number of aromatic nitrogens is 1. The van der Waals surface area contributed by atoms with Gasteiger partial charge < -0.3 is 5.32 Å². The number of rotatable bonds is 2. The van der Waals surface area contributed by atoms with Gasteiger partial charge in [0.15, 0.2) is 5.13 Å². The minimum absolute atomic E-state index is 0.502. The highest BCUT2D eigenvalue weighted by atomic mass is 35.5. The highest BCUT2D eigenvalue weighted by molar-refractivity contribution is 7.14. The summed E-state index contributed by atoms with van der Waals surface area (Å²) in [5, 5.41) is 6.92. The molecule has 0 amide bonds. The van der Waals surface area contributed by atoms with E-state index in [9.17, 15) is 0 Å². The van der Waals surface area contributed by atoms with Crippen molar-refractivity contribution in [2.24, 2.45) is 0 Å². The smallest absolute Gasteiger partial charge is 0.188 e. The van der Waals surface area contributed by atoms with Crippen LogP contribution in [0.4, 0.5) is 10.8 Å². The molecule has 0 aliphatic heterocycles. The number of anilines is 2. The molecule has 0 aliphatic rings. The minimum Gasteiger partial charge on any atom is -0.331 e. The van der Waals surface area contributed by atoms with E-state index in [0.717, 1.165) is 16.4 Å². The molecule has 1 aromatic heterocycles. The van der Waals surface area contributed by atoms with Crippen molar-refractivity contribution in [1.29, 1.82) is 0 Å². The highest BCUT2D eigenvalue weighted by Gasteiger charge is 2.03. The fourth-order valence-corrected chi connectivity index (χ4v) is 2.18. The molecule has 0 atom stereocenters. The summed E-state index contributed by atoms with van der Waals surface area (Å²) in [4.78, 5) is 4.11. The van der Waals surface area contributed by atoms with Gasteiger partial charge in [0.1, 0.15) is 5.15 Å². The Hall–Kier alpha value is -0.770. The number of hydrogen-bond donors (Lipinski definition) is 1. The molecule has 1 aromatic carbocycles. The average Bonchev–Trinajstić information content (AvgIpc) is 2.58. The molecule has 0 saturated carbocycles. The SMILES string of the molecule is Cc1ccc(Cl)cc1Nc1nc(Cl)cs1. The maximum atomic E-state index is 5.91. The third kappa shape index (κ3) is 2.62. The van der Waals surface area contributed by atoms with Crippen molar-refractivity contribution < 1.29 is 0 Å². The lowest BCUT2D eigenvalue weighted by atomic mass is 10.2. The molecular formula is C10H8Cl2N2S. The first-order chi connectivity index (χ1) is 7.15. The lowest BCUT2D eigenvalue weighted by molar-refractivity contribution is 1.36. The topological polar surface area (TPSA) is 24.9 Å². The van der Waals surface area contributed by atoms with Gasteiger partial charge in [0, 0.05) is 16.1 Å². The predicted octanol–water partition coefficient (Wildman–Crippen LogP) is 4.50. The zero-order valence-electron chi connectivity index (χ0n) is 7.92. The number of benzene rings is 1. The van der Waals surface area contributed by atoms with Crippen molar-refractivity contribution in [3.8, 4) is 0 Å². The Bertz CT molecular complexity index is 482. The monoisotopic (exact) mass is 258 g/mol. The normalized spacial score (nSPS) is 10.3. The molecule has 0 radical (unpaired) electrons. The summed E-state index contributed by atoms with van der Waals surface area (Å²) in [6, 6.07) is 5.68. The number of nitrogens with one attached hydrogen (secondary N) is 1. The molecule has 0 fully saturated rings. The Kier molecular flexibility index (Phi) is 3.14. The molecule has 2 nitrogen and oxygen atoms in total. The van der Waals surface area contributed by atoms with Gasteiger partial charge in [-0.15, -0.1) is 11.3 Å². The number of thiazole rings is 1. The van der Waals surface area contributed by atoms with Crippen LogP contribution in [0.3, 0.4) is 0 Å². The summed E-state index contributed by atoms with van der Waals surface area (Å²) in [5.41, 5.74) is 2.07. The van der Waals surface area contributed by atoms with Crippen LogP contribution in [0, 0.1) is 6.92 Å². The van der Waals surface area contributed by atoms with Gasteiger partial charge in [-0.3, -0.25) is 0 Å². The minimum atomic E-state index is 0.502. The molecule has 5 heteroatoms. The van der Waals surface area contributed by atoms with Crippen molar-refractivity contribution in [3.63, 3.8) is 0 Å². The Morgan fingerprint density at radius 1 is 1.33 bits per heavy atom. The summed E-state index contributed by atoms with van der Waals surface area (Å²) >= 11 is 13.1. The zero-order chi connectivity index (χ0) is 10.8. The number of hydrogen-bond acceptors (Lipinski definition) is 3. The molecule has 1 heterocycles. The number of nitrogens with zero attached hydrogens (tertiary/aromatic N) is 1. The maximum Gasteiger partial charge on any atom is 0.188 e. The Morgan fingerprint density at radius 2 is 2.13 bits per heavy atom. The van der Waals surface area contributed by atoms with Crippen LogP contribution in [0.15, 0.2) is 23.6 Å². The first kappa shape index (κ1) is 10.7. The van der Waals surface area contributed by atoms with E-state index < -0.39 is 0 Å². The molecule has 2 rings (SSSR count). The summed E-state index contributed by atoms with van der Waals surface area (Å²) in [7, 11) is 0. The molecule has 2 aromatic rings. The van der Waals surface area contributed by atoms with Gasteiger partial charge in [-0.05, 0) is 24.6 Å². The van der Waals surface area contributed by atoms with E-state index in [1.54, 1.807) is 5.38 Å². The summed E-state index contributed by atoms with van der Waals surface area (Å²) < 4.78 is 0. The quantitative estimate of drug-likeness (QED) is 0.858. The van der Waals surface area contributed by atoms with Gasteiger partial charge in [-0.2, -0.15) is 0 Å². The van der Waals surface area contributed by atoms with Crippen molar-refractivity contribution in [3.05, 3.63) is 39.3 Å². The summed E-state index contributed by atoms with van der Waals surface area (Å²) in [6.07, 6.45) is 0. The van der Waals surface area contributed by atoms with Crippen molar-refractivity contribution in [2.45, 2.75) is 6.92 Å². The first-order valence-electron chi connectivity index (χ1n) is 4.29. The van der Waals surface area contributed by atoms with Gasteiger partial charge >= 0.3 is 0 Å². The average molecular weight is 259 g/mol. The largest absolute Gasteiger partial charge is 0.331 e. The zero-order valence-corrected chi connectivity index (χ0v) is 10.2. The van der Waals surface area contributed by atoms with E-state index in [-0.39, 0.29) is 0 Å². The van der Waals surface area contributed by atoms with Crippen molar-refractivity contribution in [1.82, 2.24) is 4.98 Å². The van der Waals surface area contributed by atoms with Gasteiger partial charge in [-0.25, -0.2) is 4.98 Å². The second kappa shape index (κ2) is 4.39. The van der Waals surface area contributed by atoms with Crippen LogP contribution in [-0.2, 0) is 0 Å². The van der Waals surface area contributed by atoms with Crippen molar-refractivity contribution in [2.75, 3.05) is 5.32 Å². The second-order valence-electron chi connectivity index (χ2n) is 3.06. The van der Waals surface area contributed by atoms with E-state index in [1.807, 2.05) is 25.1 Å². The summed E-state index contributed by atoms with van der Waals surface area (Å²) in [6.45, 7) is 2.01. The van der Waals surface area contributed by atoms with E-state index in [1.165, 1.54) is 11.3 Å². The fraction of sp³-hybridized carbons (Fsp3) is 0.100. The number of aryl methyl sites for hydroxylation is 1. The summed E-state index contributed by atoms with van der Waals surface area (Å²) in [5.74, 6) is 0. The molecule has 0 unspecified atom stereocenters. The van der Waals surface area contributed by atoms with Crippen LogP contribution in [0.25, 0.3) is 0 Å². The molecule has 0 spiro atoms. The molecule has 15 heavy (non-hydrogen) atoms. The number of halogens is 2.